The second-order valence-electron chi connectivity index (χ2n) is 7.92. The molecule has 11 nitrogen and oxygen atoms in total. The Hall–Kier alpha value is -0.890. The molecular weight excluding hydrogens is 384 g/mol. The Balaban J connectivity index is 2.10. The van der Waals surface area contributed by atoms with Crippen LogP contribution >= 0.6 is 0 Å². The van der Waals surface area contributed by atoms with E-state index in [9.17, 15) is 25.2 Å². The fourth-order valence-electron chi connectivity index (χ4n) is 4.06. The lowest BCUT2D eigenvalue weighted by molar-refractivity contribution is -0.279. The first-order valence-electron chi connectivity index (χ1n) is 10.1. The van der Waals surface area contributed by atoms with Crippen LogP contribution in [0, 0.1) is 0 Å². The fourth-order valence-corrected chi connectivity index (χ4v) is 4.06. The number of amides is 1. The van der Waals surface area contributed by atoms with Crippen molar-refractivity contribution in [1.82, 2.24) is 10.2 Å². The van der Waals surface area contributed by atoms with Crippen molar-refractivity contribution in [2.75, 3.05) is 27.2 Å². The Morgan fingerprint density at radius 1 is 1.31 bits per heavy atom. The smallest absolute Gasteiger partial charge is 0.251 e. The predicted octanol–water partition coefficient (Wildman–Crippen LogP) is -3.55. The lowest BCUT2D eigenvalue weighted by atomic mass is 9.83. The van der Waals surface area contributed by atoms with Crippen LogP contribution in [0.4, 0.5) is 0 Å². The average Bonchev–Trinajstić information content (AvgIpc) is 2.66. The molecule has 0 aromatic carbocycles. The van der Waals surface area contributed by atoms with E-state index in [2.05, 4.69) is 5.32 Å². The summed E-state index contributed by atoms with van der Waals surface area (Å²) in [7, 11) is 3.19. The SMILES string of the molecule is CNC[C@@H]1CC[C@@H](O)[C@@H](O[C@H]2[C@H](O)[C@H](N(C)C(=O)[C@@H](O)CCN)[C@@H](O)C[C@H]2N)O1. The number of nitrogens with zero attached hydrogens (tertiary/aromatic N) is 1. The molecule has 0 spiro atoms. The topological polar surface area (TPSA) is 184 Å². The number of hydrogen-bond donors (Lipinski definition) is 7. The van der Waals surface area contributed by atoms with E-state index in [0.29, 0.717) is 19.4 Å². The molecular formula is C18H36N4O7. The summed E-state index contributed by atoms with van der Waals surface area (Å²) in [5, 5.41) is 44.5. The molecule has 1 saturated heterocycles. The molecule has 1 heterocycles. The summed E-state index contributed by atoms with van der Waals surface area (Å²) < 4.78 is 11.6. The van der Waals surface area contributed by atoms with Crippen LogP contribution in [-0.2, 0) is 14.3 Å². The third-order valence-corrected chi connectivity index (χ3v) is 5.68. The lowest BCUT2D eigenvalue weighted by Gasteiger charge is -2.47. The van der Waals surface area contributed by atoms with Crippen molar-refractivity contribution in [2.45, 2.75) is 80.7 Å². The Kier molecular flexibility index (Phi) is 9.19. The molecule has 2 fully saturated rings. The van der Waals surface area contributed by atoms with Crippen molar-refractivity contribution in [2.24, 2.45) is 11.5 Å². The summed E-state index contributed by atoms with van der Waals surface area (Å²) in [4.78, 5) is 13.5. The highest BCUT2D eigenvalue weighted by Gasteiger charge is 2.48. The van der Waals surface area contributed by atoms with Gasteiger partial charge in [-0.1, -0.05) is 0 Å². The average molecular weight is 421 g/mol. The van der Waals surface area contributed by atoms with Crippen molar-refractivity contribution in [3.63, 3.8) is 0 Å². The highest BCUT2D eigenvalue weighted by Crippen LogP contribution is 2.29. The van der Waals surface area contributed by atoms with E-state index in [1.807, 2.05) is 0 Å². The van der Waals surface area contributed by atoms with Gasteiger partial charge in [0.05, 0.1) is 18.2 Å². The molecule has 2 aliphatic rings. The van der Waals surface area contributed by atoms with Crippen LogP contribution in [0.25, 0.3) is 0 Å². The van der Waals surface area contributed by atoms with Gasteiger partial charge in [0.25, 0.3) is 5.91 Å². The molecule has 0 bridgehead atoms. The van der Waals surface area contributed by atoms with Gasteiger partial charge in [-0.25, -0.2) is 0 Å². The zero-order chi connectivity index (χ0) is 21.7. The molecule has 1 saturated carbocycles. The van der Waals surface area contributed by atoms with Gasteiger partial charge in [-0.05, 0) is 39.3 Å². The normalized spacial score (nSPS) is 39.2. The zero-order valence-corrected chi connectivity index (χ0v) is 17.1. The van der Waals surface area contributed by atoms with E-state index in [1.54, 1.807) is 7.05 Å². The van der Waals surface area contributed by atoms with Gasteiger partial charge in [0.15, 0.2) is 6.29 Å². The van der Waals surface area contributed by atoms with Crippen LogP contribution < -0.4 is 16.8 Å². The summed E-state index contributed by atoms with van der Waals surface area (Å²) in [6.45, 7) is 0.710. The van der Waals surface area contributed by atoms with Gasteiger partial charge < -0.3 is 51.6 Å². The quantitative estimate of drug-likeness (QED) is 0.207. The molecule has 0 radical (unpaired) electrons. The van der Waals surface area contributed by atoms with Crippen molar-refractivity contribution < 1.29 is 34.7 Å². The maximum atomic E-state index is 12.4. The molecule has 0 aromatic heterocycles. The molecule has 170 valence electrons. The summed E-state index contributed by atoms with van der Waals surface area (Å²) in [6.07, 6.45) is -5.47. The summed E-state index contributed by atoms with van der Waals surface area (Å²) >= 11 is 0. The van der Waals surface area contributed by atoms with Crippen LogP contribution in [0.3, 0.4) is 0 Å². The van der Waals surface area contributed by atoms with Gasteiger partial charge in [-0.3, -0.25) is 4.79 Å². The predicted molar refractivity (Wildman–Crippen MR) is 104 cm³/mol. The number of ether oxygens (including phenoxy) is 2. The Morgan fingerprint density at radius 2 is 2.00 bits per heavy atom. The monoisotopic (exact) mass is 420 g/mol. The Morgan fingerprint density at radius 3 is 2.62 bits per heavy atom. The molecule has 0 unspecified atom stereocenters. The molecule has 11 heteroatoms. The van der Waals surface area contributed by atoms with Crippen molar-refractivity contribution in [1.29, 1.82) is 0 Å². The van der Waals surface area contributed by atoms with E-state index >= 15 is 0 Å². The maximum Gasteiger partial charge on any atom is 0.251 e. The standard InChI is InChI=1S/C18H36N4O7/c1-21-8-9-3-4-12(24)18(28-9)29-16-10(20)7-13(25)14(15(16)26)22(2)17(27)11(23)5-6-19/h9-16,18,21,23-26H,3-8,19-20H2,1-2H3/t9-,10+,11-,12+,13-,14+,15+,16+,18+/m0/s1. The van der Waals surface area contributed by atoms with Crippen LogP contribution in [0.1, 0.15) is 25.7 Å². The van der Waals surface area contributed by atoms with Crippen LogP contribution in [-0.4, -0.2) is 113 Å². The van der Waals surface area contributed by atoms with Gasteiger partial charge in [-0.2, -0.15) is 0 Å². The second-order valence-corrected chi connectivity index (χ2v) is 7.92. The number of aliphatic hydroxyl groups excluding tert-OH is 4. The van der Waals surface area contributed by atoms with Crippen molar-refractivity contribution in [3.8, 4) is 0 Å². The number of aliphatic hydroxyl groups is 4. The molecule has 0 aromatic rings. The highest BCUT2D eigenvalue weighted by molar-refractivity contribution is 5.80. The third kappa shape index (κ3) is 5.84. The number of nitrogens with one attached hydrogen (secondary N) is 1. The van der Waals surface area contributed by atoms with Crippen LogP contribution in [0.2, 0.25) is 0 Å². The number of carbonyl (C=O) groups is 1. The van der Waals surface area contributed by atoms with Crippen molar-refractivity contribution >= 4 is 5.91 Å². The largest absolute Gasteiger partial charge is 0.391 e. The minimum atomic E-state index is -1.34. The minimum Gasteiger partial charge on any atom is -0.391 e. The number of carbonyl (C=O) groups excluding carboxylic acids is 1. The fraction of sp³-hybridized carbons (Fsp3) is 0.944. The first-order chi connectivity index (χ1) is 13.7. The van der Waals surface area contributed by atoms with Gasteiger partial charge in [-0.15, -0.1) is 0 Å². The molecule has 1 aliphatic carbocycles. The third-order valence-electron chi connectivity index (χ3n) is 5.68. The molecule has 29 heavy (non-hydrogen) atoms. The molecule has 9 atom stereocenters. The van der Waals surface area contributed by atoms with Crippen molar-refractivity contribution in [3.05, 3.63) is 0 Å². The molecule has 1 aliphatic heterocycles. The number of rotatable bonds is 8. The van der Waals surface area contributed by atoms with E-state index in [4.69, 9.17) is 20.9 Å². The van der Waals surface area contributed by atoms with Crippen LogP contribution in [0.5, 0.6) is 0 Å². The van der Waals surface area contributed by atoms with Crippen LogP contribution in [0.15, 0.2) is 0 Å². The molecule has 1 amide bonds. The molecule has 9 N–H and O–H groups in total. The van der Waals surface area contributed by atoms with Gasteiger partial charge >= 0.3 is 0 Å². The molecule has 2 rings (SSSR count). The summed E-state index contributed by atoms with van der Waals surface area (Å²) in [5.74, 6) is -0.657. The summed E-state index contributed by atoms with van der Waals surface area (Å²) in [5.41, 5.74) is 11.5. The zero-order valence-electron chi connectivity index (χ0n) is 17.1. The highest BCUT2D eigenvalue weighted by atomic mass is 16.7. The number of hydrogen-bond acceptors (Lipinski definition) is 10. The van der Waals surface area contributed by atoms with E-state index in [0.717, 1.165) is 4.90 Å². The number of likely N-dealkylation sites (N-methyl/N-ethyl adjacent to an activating group) is 2. The van der Waals surface area contributed by atoms with E-state index < -0.39 is 54.8 Å². The Bertz CT molecular complexity index is 528. The second kappa shape index (κ2) is 10.9. The van der Waals surface area contributed by atoms with Gasteiger partial charge in [0, 0.05) is 19.6 Å². The number of nitrogens with two attached hydrogens (primary N) is 2. The van der Waals surface area contributed by atoms with E-state index in [1.165, 1.54) is 7.05 Å². The lowest BCUT2D eigenvalue weighted by Crippen LogP contribution is -2.66. The summed E-state index contributed by atoms with van der Waals surface area (Å²) in [6, 6.07) is -1.76. The maximum absolute atomic E-state index is 12.4. The minimum absolute atomic E-state index is 0.0660. The van der Waals surface area contributed by atoms with E-state index in [-0.39, 0.29) is 25.5 Å². The first-order valence-corrected chi connectivity index (χ1v) is 10.1. The Labute approximate surface area is 170 Å². The van der Waals surface area contributed by atoms with Gasteiger partial charge in [0.1, 0.15) is 24.4 Å². The first kappa shape index (κ1) is 24.4. The van der Waals surface area contributed by atoms with Gasteiger partial charge in [0.2, 0.25) is 0 Å².